The molecule has 13 heavy (non-hydrogen) atoms. The second kappa shape index (κ2) is 5.53. The van der Waals surface area contributed by atoms with Gasteiger partial charge in [0.2, 0.25) is 0 Å². The monoisotopic (exact) mass is 183 g/mol. The van der Waals surface area contributed by atoms with Crippen molar-refractivity contribution in [2.24, 2.45) is 5.90 Å². The van der Waals surface area contributed by atoms with E-state index < -0.39 is 6.10 Å². The Balaban J connectivity index is 2.27. The molecule has 0 aromatic heterocycles. The molecule has 0 radical (unpaired) electrons. The van der Waals surface area contributed by atoms with E-state index in [9.17, 15) is 5.11 Å². The van der Waals surface area contributed by atoms with Crippen LogP contribution >= 0.6 is 0 Å². The van der Waals surface area contributed by atoms with Gasteiger partial charge in [-0.2, -0.15) is 0 Å². The topological polar surface area (TPSA) is 64.7 Å². The molecular formula is C9H13NO3. The molecule has 0 heterocycles. The van der Waals surface area contributed by atoms with E-state index in [4.69, 9.17) is 10.6 Å². The Morgan fingerprint density at radius 2 is 1.92 bits per heavy atom. The normalized spacial score (nSPS) is 12.5. The molecule has 0 fully saturated rings. The lowest BCUT2D eigenvalue weighted by atomic mass is 10.3. The zero-order valence-electron chi connectivity index (χ0n) is 7.22. The summed E-state index contributed by atoms with van der Waals surface area (Å²) in [7, 11) is 0. The molecule has 3 N–H and O–H groups in total. The minimum Gasteiger partial charge on any atom is -0.491 e. The number of benzene rings is 1. The summed E-state index contributed by atoms with van der Waals surface area (Å²) in [6.07, 6.45) is -0.690. The second-order valence-electron chi connectivity index (χ2n) is 2.61. The minimum atomic E-state index is -0.690. The van der Waals surface area contributed by atoms with Crippen LogP contribution in [0.3, 0.4) is 0 Å². The molecule has 4 heteroatoms. The Kier molecular flexibility index (Phi) is 4.25. The molecule has 1 rings (SSSR count). The first kappa shape index (κ1) is 9.98. The first-order chi connectivity index (χ1) is 6.33. The third-order valence-corrected chi connectivity index (χ3v) is 1.47. The molecule has 0 spiro atoms. The highest BCUT2D eigenvalue weighted by Gasteiger charge is 2.03. The van der Waals surface area contributed by atoms with E-state index in [1.165, 1.54) is 0 Å². The van der Waals surface area contributed by atoms with Gasteiger partial charge in [-0.05, 0) is 12.1 Å². The maximum Gasteiger partial charge on any atom is 0.119 e. The predicted molar refractivity (Wildman–Crippen MR) is 48.1 cm³/mol. The van der Waals surface area contributed by atoms with Crippen LogP contribution in [0, 0.1) is 0 Å². The van der Waals surface area contributed by atoms with Crippen molar-refractivity contribution in [1.82, 2.24) is 0 Å². The zero-order chi connectivity index (χ0) is 9.52. The van der Waals surface area contributed by atoms with Gasteiger partial charge in [0, 0.05) is 0 Å². The highest BCUT2D eigenvalue weighted by Crippen LogP contribution is 2.08. The van der Waals surface area contributed by atoms with Gasteiger partial charge in [-0.3, -0.25) is 0 Å². The van der Waals surface area contributed by atoms with Crippen LogP contribution in [0.25, 0.3) is 0 Å². The lowest BCUT2D eigenvalue weighted by Crippen LogP contribution is -2.24. The Bertz CT molecular complexity index is 228. The summed E-state index contributed by atoms with van der Waals surface area (Å²) in [6.45, 7) is 0.258. The third kappa shape index (κ3) is 3.89. The minimum absolute atomic E-state index is 0.0762. The molecule has 1 aromatic carbocycles. The van der Waals surface area contributed by atoms with Crippen molar-refractivity contribution in [2.45, 2.75) is 6.10 Å². The van der Waals surface area contributed by atoms with Gasteiger partial charge in [0.1, 0.15) is 18.5 Å². The number of ether oxygens (including phenoxy) is 1. The number of aliphatic hydroxyl groups is 1. The van der Waals surface area contributed by atoms with Crippen LogP contribution in [-0.2, 0) is 4.84 Å². The highest BCUT2D eigenvalue weighted by atomic mass is 16.6. The van der Waals surface area contributed by atoms with Gasteiger partial charge in [0.15, 0.2) is 0 Å². The number of rotatable bonds is 5. The number of aliphatic hydroxyl groups excluding tert-OH is 1. The summed E-state index contributed by atoms with van der Waals surface area (Å²) >= 11 is 0. The first-order valence-corrected chi connectivity index (χ1v) is 4.00. The van der Waals surface area contributed by atoms with E-state index in [0.717, 1.165) is 5.75 Å². The van der Waals surface area contributed by atoms with Crippen molar-refractivity contribution < 1.29 is 14.7 Å². The van der Waals surface area contributed by atoms with Crippen molar-refractivity contribution in [3.05, 3.63) is 30.3 Å². The maximum absolute atomic E-state index is 9.18. The largest absolute Gasteiger partial charge is 0.491 e. The smallest absolute Gasteiger partial charge is 0.119 e. The number of hydrogen-bond donors (Lipinski definition) is 2. The summed E-state index contributed by atoms with van der Waals surface area (Å²) in [6, 6.07) is 9.25. The highest BCUT2D eigenvalue weighted by molar-refractivity contribution is 5.20. The van der Waals surface area contributed by atoms with Crippen molar-refractivity contribution >= 4 is 0 Å². The zero-order valence-corrected chi connectivity index (χ0v) is 7.22. The molecule has 0 amide bonds. The van der Waals surface area contributed by atoms with Gasteiger partial charge in [0.25, 0.3) is 0 Å². The molecule has 0 saturated heterocycles. The fourth-order valence-corrected chi connectivity index (χ4v) is 0.868. The molecule has 0 unspecified atom stereocenters. The molecule has 1 atom stereocenters. The molecule has 0 saturated carbocycles. The SMILES string of the molecule is NOC[C@H](O)COc1ccccc1. The molecule has 0 aliphatic heterocycles. The number of hydrogen-bond acceptors (Lipinski definition) is 4. The van der Waals surface area contributed by atoms with Crippen LogP contribution < -0.4 is 10.6 Å². The molecule has 72 valence electrons. The molecule has 0 aliphatic rings. The van der Waals surface area contributed by atoms with Gasteiger partial charge in [0.05, 0.1) is 6.61 Å². The van der Waals surface area contributed by atoms with Crippen molar-refractivity contribution in [3.8, 4) is 5.75 Å². The van der Waals surface area contributed by atoms with Crippen molar-refractivity contribution in [3.63, 3.8) is 0 Å². The molecule has 4 nitrogen and oxygen atoms in total. The summed E-state index contributed by atoms with van der Waals surface area (Å²) in [5.41, 5.74) is 0. The van der Waals surface area contributed by atoms with Crippen LogP contribution in [0.2, 0.25) is 0 Å². The quantitative estimate of drug-likeness (QED) is 0.645. The van der Waals surface area contributed by atoms with Crippen LogP contribution in [0.1, 0.15) is 0 Å². The van der Waals surface area contributed by atoms with Crippen LogP contribution in [0.5, 0.6) is 5.75 Å². The Morgan fingerprint density at radius 3 is 2.54 bits per heavy atom. The van der Waals surface area contributed by atoms with E-state index in [2.05, 4.69) is 4.84 Å². The Morgan fingerprint density at radius 1 is 1.23 bits per heavy atom. The summed E-state index contributed by atoms with van der Waals surface area (Å²) in [4.78, 5) is 4.26. The Hall–Kier alpha value is -1.10. The van der Waals surface area contributed by atoms with Gasteiger partial charge in [-0.1, -0.05) is 18.2 Å². The van der Waals surface area contributed by atoms with Crippen LogP contribution in [0.15, 0.2) is 30.3 Å². The van der Waals surface area contributed by atoms with E-state index in [1.807, 2.05) is 30.3 Å². The van der Waals surface area contributed by atoms with E-state index in [0.29, 0.717) is 0 Å². The summed E-state index contributed by atoms with van der Waals surface area (Å²) in [5, 5.41) is 9.18. The fraction of sp³-hybridized carbons (Fsp3) is 0.333. The average Bonchev–Trinajstić information content (AvgIpc) is 2.17. The lowest BCUT2D eigenvalue weighted by Gasteiger charge is -2.10. The van der Waals surface area contributed by atoms with E-state index in [1.54, 1.807) is 0 Å². The molecule has 1 aromatic rings. The Labute approximate surface area is 76.8 Å². The van der Waals surface area contributed by atoms with Crippen molar-refractivity contribution in [1.29, 1.82) is 0 Å². The van der Waals surface area contributed by atoms with E-state index in [-0.39, 0.29) is 13.2 Å². The van der Waals surface area contributed by atoms with Gasteiger partial charge >= 0.3 is 0 Å². The maximum atomic E-state index is 9.18. The van der Waals surface area contributed by atoms with Crippen LogP contribution in [0.4, 0.5) is 0 Å². The average molecular weight is 183 g/mol. The van der Waals surface area contributed by atoms with Crippen LogP contribution in [-0.4, -0.2) is 24.4 Å². The molecule has 0 aliphatic carbocycles. The molecular weight excluding hydrogens is 170 g/mol. The second-order valence-corrected chi connectivity index (χ2v) is 2.61. The fourth-order valence-electron chi connectivity index (χ4n) is 0.868. The molecule has 0 bridgehead atoms. The summed E-state index contributed by atoms with van der Waals surface area (Å²) in [5.74, 6) is 5.50. The number of nitrogens with two attached hydrogens (primary N) is 1. The predicted octanol–water partition coefficient (Wildman–Crippen LogP) is 0.317. The lowest BCUT2D eigenvalue weighted by molar-refractivity contribution is 0.0116. The van der Waals surface area contributed by atoms with E-state index >= 15 is 0 Å². The number of para-hydroxylation sites is 1. The summed E-state index contributed by atoms with van der Waals surface area (Å²) < 4.78 is 5.23. The first-order valence-electron chi connectivity index (χ1n) is 4.00. The van der Waals surface area contributed by atoms with Gasteiger partial charge in [-0.15, -0.1) is 0 Å². The van der Waals surface area contributed by atoms with Gasteiger partial charge < -0.3 is 14.7 Å². The van der Waals surface area contributed by atoms with Crippen molar-refractivity contribution in [2.75, 3.05) is 13.2 Å². The van der Waals surface area contributed by atoms with Gasteiger partial charge in [-0.25, -0.2) is 5.90 Å². The third-order valence-electron chi connectivity index (χ3n) is 1.47. The standard InChI is InChI=1S/C9H13NO3/c10-13-7-8(11)6-12-9-4-2-1-3-5-9/h1-5,8,11H,6-7,10H2/t8-/m1/s1.